The van der Waals surface area contributed by atoms with Crippen LogP contribution in [-0.4, -0.2) is 13.3 Å². The lowest BCUT2D eigenvalue weighted by molar-refractivity contribution is -0.191. The second-order valence-corrected chi connectivity index (χ2v) is 5.33. The highest BCUT2D eigenvalue weighted by Crippen LogP contribution is 2.14. The van der Waals surface area contributed by atoms with Crippen molar-refractivity contribution < 1.29 is 14.3 Å². The molecule has 2 aromatic carbocycles. The van der Waals surface area contributed by atoms with Gasteiger partial charge in [0, 0.05) is 0 Å². The minimum absolute atomic E-state index is 0.250. The Bertz CT molecular complexity index is 555. The maximum Gasteiger partial charge on any atom is 0.373 e. The zero-order chi connectivity index (χ0) is 16.8. The van der Waals surface area contributed by atoms with Crippen molar-refractivity contribution in [3.8, 4) is 5.75 Å². The predicted octanol–water partition coefficient (Wildman–Crippen LogP) is 4.46. The Kier molecular flexibility index (Phi) is 9.90. The summed E-state index contributed by atoms with van der Waals surface area (Å²) in [5.41, 5.74) is 2.87. The minimum Gasteiger partial charge on any atom is -0.497 e. The van der Waals surface area contributed by atoms with E-state index in [2.05, 4.69) is 42.5 Å². The van der Waals surface area contributed by atoms with Gasteiger partial charge in [-0.3, -0.25) is 0 Å². The fourth-order valence-electron chi connectivity index (χ4n) is 2.45. The molecule has 23 heavy (non-hydrogen) atoms. The van der Waals surface area contributed by atoms with Crippen molar-refractivity contribution in [2.75, 3.05) is 7.11 Å². The van der Waals surface area contributed by atoms with Gasteiger partial charge in [-0.15, -0.1) is 0 Å². The monoisotopic (exact) mass is 312 g/mol. The Hall–Kier alpha value is -2.38. The van der Waals surface area contributed by atoms with Gasteiger partial charge in [-0.1, -0.05) is 55.3 Å². The molecule has 3 nitrogen and oxygen atoms in total. The van der Waals surface area contributed by atoms with Gasteiger partial charge in [-0.25, -0.2) is 0 Å². The molecule has 3 heteroatoms. The van der Waals surface area contributed by atoms with Crippen LogP contribution in [-0.2, 0) is 22.4 Å². The molecular formula is C20H24O3. The van der Waals surface area contributed by atoms with Crippen molar-refractivity contribution in [1.82, 2.24) is 0 Å². The highest BCUT2D eigenvalue weighted by molar-refractivity contribution is 5.27. The smallest absolute Gasteiger partial charge is 0.373 e. The van der Waals surface area contributed by atoms with Crippen LogP contribution in [0.3, 0.4) is 0 Å². The largest absolute Gasteiger partial charge is 0.497 e. The SMILES string of the molecule is COc1ccc(CCCCCCc2ccccc2)cc1.O=C=O. The molecule has 0 atom stereocenters. The fraction of sp³-hybridized carbons (Fsp3) is 0.350. The molecule has 0 saturated carbocycles. The summed E-state index contributed by atoms with van der Waals surface area (Å²) in [6.07, 6.45) is 7.86. The van der Waals surface area contributed by atoms with Gasteiger partial charge in [0.25, 0.3) is 0 Å². The normalized spacial score (nSPS) is 9.43. The van der Waals surface area contributed by atoms with Crippen LogP contribution in [0.25, 0.3) is 0 Å². The van der Waals surface area contributed by atoms with Gasteiger partial charge >= 0.3 is 6.15 Å². The van der Waals surface area contributed by atoms with E-state index in [9.17, 15) is 0 Å². The molecule has 0 aromatic heterocycles. The lowest BCUT2D eigenvalue weighted by Crippen LogP contribution is -1.89. The zero-order valence-electron chi connectivity index (χ0n) is 13.7. The van der Waals surface area contributed by atoms with Crippen LogP contribution < -0.4 is 4.74 Å². The Morgan fingerprint density at radius 2 is 1.22 bits per heavy atom. The minimum atomic E-state index is 0.250. The third-order valence-electron chi connectivity index (χ3n) is 3.68. The van der Waals surface area contributed by atoms with E-state index in [1.54, 1.807) is 7.11 Å². The third-order valence-corrected chi connectivity index (χ3v) is 3.68. The summed E-state index contributed by atoms with van der Waals surface area (Å²) in [5, 5.41) is 0. The summed E-state index contributed by atoms with van der Waals surface area (Å²) in [6, 6.07) is 19.2. The number of methoxy groups -OCH3 is 1. The van der Waals surface area contributed by atoms with E-state index in [1.165, 1.54) is 49.7 Å². The van der Waals surface area contributed by atoms with Gasteiger partial charge in [0.2, 0.25) is 0 Å². The first-order chi connectivity index (χ1) is 11.3. The second-order valence-electron chi connectivity index (χ2n) is 5.33. The first-order valence-corrected chi connectivity index (χ1v) is 7.96. The zero-order valence-corrected chi connectivity index (χ0v) is 13.7. The van der Waals surface area contributed by atoms with Crippen LogP contribution in [0, 0.1) is 0 Å². The Morgan fingerprint density at radius 3 is 1.70 bits per heavy atom. The molecule has 2 rings (SSSR count). The average molecular weight is 312 g/mol. The summed E-state index contributed by atoms with van der Waals surface area (Å²) < 4.78 is 5.17. The number of carbonyl (C=O) groups excluding carboxylic acids is 2. The van der Waals surface area contributed by atoms with Gasteiger partial charge in [0.15, 0.2) is 0 Å². The van der Waals surface area contributed by atoms with Crippen molar-refractivity contribution in [3.05, 3.63) is 65.7 Å². The second kappa shape index (κ2) is 12.2. The van der Waals surface area contributed by atoms with Crippen LogP contribution in [0.4, 0.5) is 0 Å². The highest BCUT2D eigenvalue weighted by Gasteiger charge is 1.96. The molecule has 0 amide bonds. The maximum absolute atomic E-state index is 8.12. The molecule has 0 radical (unpaired) electrons. The Labute approximate surface area is 138 Å². The van der Waals surface area contributed by atoms with Gasteiger partial charge in [-0.05, 0) is 48.9 Å². The van der Waals surface area contributed by atoms with E-state index < -0.39 is 0 Å². The average Bonchev–Trinajstić information content (AvgIpc) is 2.60. The van der Waals surface area contributed by atoms with Crippen LogP contribution in [0.2, 0.25) is 0 Å². The number of hydrogen-bond acceptors (Lipinski definition) is 3. The molecular weight excluding hydrogens is 288 g/mol. The Balaban J connectivity index is 0.000000816. The van der Waals surface area contributed by atoms with Gasteiger partial charge in [0.05, 0.1) is 7.11 Å². The summed E-state index contributed by atoms with van der Waals surface area (Å²) in [5.74, 6) is 0.941. The van der Waals surface area contributed by atoms with Crippen molar-refractivity contribution in [2.45, 2.75) is 38.5 Å². The van der Waals surface area contributed by atoms with Crippen molar-refractivity contribution in [2.24, 2.45) is 0 Å². The summed E-state index contributed by atoms with van der Waals surface area (Å²) in [4.78, 5) is 16.2. The number of rotatable bonds is 8. The summed E-state index contributed by atoms with van der Waals surface area (Å²) in [6.45, 7) is 0. The molecule has 0 unspecified atom stereocenters. The summed E-state index contributed by atoms with van der Waals surface area (Å²) >= 11 is 0. The molecule has 0 aliphatic carbocycles. The molecule has 0 aliphatic heterocycles. The first kappa shape index (κ1) is 18.7. The van der Waals surface area contributed by atoms with Crippen LogP contribution in [0.5, 0.6) is 5.75 Å². The lowest BCUT2D eigenvalue weighted by Gasteiger charge is -2.04. The fourth-order valence-corrected chi connectivity index (χ4v) is 2.45. The van der Waals surface area contributed by atoms with E-state index in [4.69, 9.17) is 14.3 Å². The molecule has 0 fully saturated rings. The molecule has 0 saturated heterocycles. The van der Waals surface area contributed by atoms with Crippen molar-refractivity contribution >= 4 is 6.15 Å². The lowest BCUT2D eigenvalue weighted by atomic mass is 10.0. The quantitative estimate of drug-likeness (QED) is 0.676. The molecule has 2 aromatic rings. The van der Waals surface area contributed by atoms with Gasteiger partial charge in [0.1, 0.15) is 5.75 Å². The molecule has 122 valence electrons. The van der Waals surface area contributed by atoms with Crippen LogP contribution in [0.1, 0.15) is 36.8 Å². The van der Waals surface area contributed by atoms with Crippen LogP contribution in [0.15, 0.2) is 54.6 Å². The number of aryl methyl sites for hydroxylation is 2. The molecule has 0 N–H and O–H groups in total. The van der Waals surface area contributed by atoms with E-state index in [0.717, 1.165) is 5.75 Å². The standard InChI is InChI=1S/C19H24O.CO2/c1-20-19-15-13-18(14-16-19)12-6-3-2-5-9-17-10-7-4-8-11-17;2-1-3/h4,7-8,10-11,13-16H,2-3,5-6,9,12H2,1H3;. The Morgan fingerprint density at radius 1 is 0.739 bits per heavy atom. The third kappa shape index (κ3) is 8.60. The van der Waals surface area contributed by atoms with Crippen molar-refractivity contribution in [1.29, 1.82) is 0 Å². The topological polar surface area (TPSA) is 43.4 Å². The molecule has 0 heterocycles. The van der Waals surface area contributed by atoms with E-state index in [-0.39, 0.29) is 6.15 Å². The van der Waals surface area contributed by atoms with Gasteiger partial charge in [-0.2, -0.15) is 9.59 Å². The molecule has 0 bridgehead atoms. The van der Waals surface area contributed by atoms with E-state index in [1.807, 2.05) is 12.1 Å². The maximum atomic E-state index is 8.12. The molecule has 0 aliphatic rings. The molecule has 0 spiro atoms. The first-order valence-electron chi connectivity index (χ1n) is 7.96. The van der Waals surface area contributed by atoms with E-state index >= 15 is 0 Å². The highest BCUT2D eigenvalue weighted by atomic mass is 16.5. The van der Waals surface area contributed by atoms with E-state index in [0.29, 0.717) is 0 Å². The van der Waals surface area contributed by atoms with Crippen LogP contribution >= 0.6 is 0 Å². The number of ether oxygens (including phenoxy) is 1. The van der Waals surface area contributed by atoms with Gasteiger partial charge < -0.3 is 4.74 Å². The number of hydrogen-bond donors (Lipinski definition) is 0. The van der Waals surface area contributed by atoms with Crippen molar-refractivity contribution in [3.63, 3.8) is 0 Å². The predicted molar refractivity (Wildman–Crippen MR) is 90.3 cm³/mol. The summed E-state index contributed by atoms with van der Waals surface area (Å²) in [7, 11) is 1.71. The number of unbranched alkanes of at least 4 members (excludes halogenated alkanes) is 3. The number of benzene rings is 2.